The van der Waals surface area contributed by atoms with Crippen LogP contribution in [-0.2, 0) is 19.5 Å². The van der Waals surface area contributed by atoms with Gasteiger partial charge in [-0.05, 0) is 32.1 Å². The van der Waals surface area contributed by atoms with Crippen LogP contribution in [0.1, 0.15) is 226 Å². The first kappa shape index (κ1) is 39.2. The highest BCUT2D eigenvalue weighted by Crippen LogP contribution is 2.15. The first-order valence-electron chi connectivity index (χ1n) is 19.9. The van der Waals surface area contributed by atoms with Crippen LogP contribution in [0, 0.1) is 0 Å². The maximum absolute atomic E-state index is 2.61. The standard InChI is InChI=1S/C40H79N2/c1-4-7-10-12-14-16-18-20-22-24-26-28-30-33-36-41-38-39-42(40(41)35-32-9-6-3)37-34-31-29-27-25-23-21-19-17-15-13-11-8-5-2/h38-39H,4-37H2,1-3H3/q+1. The van der Waals surface area contributed by atoms with Crippen LogP contribution in [0.5, 0.6) is 0 Å². The Morgan fingerprint density at radius 2 is 0.738 bits per heavy atom. The molecule has 0 N–H and O–H groups in total. The van der Waals surface area contributed by atoms with Crippen molar-refractivity contribution in [2.45, 2.75) is 239 Å². The summed E-state index contributed by atoms with van der Waals surface area (Å²) in [7, 11) is 0. The van der Waals surface area contributed by atoms with Crippen LogP contribution in [-0.4, -0.2) is 4.57 Å². The zero-order valence-electron chi connectivity index (χ0n) is 29.6. The number of unbranched alkanes of at least 4 members (excludes halogenated alkanes) is 28. The van der Waals surface area contributed by atoms with E-state index in [2.05, 4.69) is 42.3 Å². The van der Waals surface area contributed by atoms with Crippen LogP contribution in [0.2, 0.25) is 0 Å². The third-order valence-electron chi connectivity index (χ3n) is 9.60. The molecule has 2 nitrogen and oxygen atoms in total. The summed E-state index contributed by atoms with van der Waals surface area (Å²) in [5, 5.41) is 0. The first-order chi connectivity index (χ1) is 20.8. The SMILES string of the molecule is CCCCCCCCCCCCCCCCn1cc[n+](CCCCCCCCCCCCCCCC)c1CCCCC. The Balaban J connectivity index is 2.10. The monoisotopic (exact) mass is 588 g/mol. The van der Waals surface area contributed by atoms with Gasteiger partial charge in [0.2, 0.25) is 0 Å². The summed E-state index contributed by atoms with van der Waals surface area (Å²) >= 11 is 0. The summed E-state index contributed by atoms with van der Waals surface area (Å²) < 4.78 is 5.22. The highest BCUT2D eigenvalue weighted by Gasteiger charge is 2.16. The van der Waals surface area contributed by atoms with E-state index in [-0.39, 0.29) is 0 Å². The van der Waals surface area contributed by atoms with Gasteiger partial charge in [-0.1, -0.05) is 188 Å². The third kappa shape index (κ3) is 23.6. The molecule has 0 spiro atoms. The van der Waals surface area contributed by atoms with Crippen molar-refractivity contribution in [1.82, 2.24) is 4.57 Å². The molecular formula is C40H79N2+. The van der Waals surface area contributed by atoms with E-state index in [1.165, 1.54) is 219 Å². The Labute approximate surface area is 266 Å². The van der Waals surface area contributed by atoms with Gasteiger partial charge in [0.05, 0.1) is 13.1 Å². The molecule has 1 aromatic heterocycles. The number of rotatable bonds is 34. The van der Waals surface area contributed by atoms with Crippen LogP contribution >= 0.6 is 0 Å². The molecule has 1 rings (SSSR count). The van der Waals surface area contributed by atoms with Gasteiger partial charge in [-0.3, -0.25) is 0 Å². The molecule has 1 heterocycles. The fourth-order valence-corrected chi connectivity index (χ4v) is 6.68. The van der Waals surface area contributed by atoms with Crippen molar-refractivity contribution >= 4 is 0 Å². The predicted octanol–water partition coefficient (Wildman–Crippen LogP) is 13.5. The maximum Gasteiger partial charge on any atom is 0.256 e. The topological polar surface area (TPSA) is 8.81 Å². The molecule has 0 aliphatic rings. The van der Waals surface area contributed by atoms with Crippen molar-refractivity contribution in [1.29, 1.82) is 0 Å². The highest BCUT2D eigenvalue weighted by atomic mass is 15.1. The fraction of sp³-hybridized carbons (Fsp3) is 0.925. The zero-order chi connectivity index (χ0) is 30.2. The number of aromatic nitrogens is 2. The van der Waals surface area contributed by atoms with E-state index in [1.54, 1.807) is 5.82 Å². The lowest BCUT2D eigenvalue weighted by Crippen LogP contribution is -2.37. The Morgan fingerprint density at radius 1 is 0.405 bits per heavy atom. The summed E-state index contributed by atoms with van der Waals surface area (Å²) in [6.45, 7) is 9.40. The molecule has 0 atom stereocenters. The van der Waals surface area contributed by atoms with E-state index >= 15 is 0 Å². The summed E-state index contributed by atoms with van der Waals surface area (Å²) in [5.74, 6) is 1.60. The average molecular weight is 588 g/mol. The largest absolute Gasteiger partial charge is 0.256 e. The third-order valence-corrected chi connectivity index (χ3v) is 9.60. The Bertz CT molecular complexity index is 599. The molecule has 0 saturated heterocycles. The Kier molecular flexibility index (Phi) is 29.5. The quantitative estimate of drug-likeness (QED) is 0.0560. The van der Waals surface area contributed by atoms with Gasteiger partial charge in [0.1, 0.15) is 12.4 Å². The minimum atomic E-state index is 1.23. The summed E-state index contributed by atoms with van der Waals surface area (Å²) in [6, 6.07) is 0. The molecule has 0 aliphatic carbocycles. The minimum Gasteiger partial charge on any atom is -0.234 e. The van der Waals surface area contributed by atoms with Gasteiger partial charge >= 0.3 is 0 Å². The molecule has 0 amide bonds. The van der Waals surface area contributed by atoms with Gasteiger partial charge in [0.25, 0.3) is 5.82 Å². The lowest BCUT2D eigenvalue weighted by molar-refractivity contribution is -0.704. The van der Waals surface area contributed by atoms with Crippen molar-refractivity contribution < 1.29 is 4.57 Å². The second-order valence-corrected chi connectivity index (χ2v) is 13.8. The molecular weight excluding hydrogens is 508 g/mol. The zero-order valence-corrected chi connectivity index (χ0v) is 29.6. The van der Waals surface area contributed by atoms with Gasteiger partial charge in [0, 0.05) is 6.42 Å². The van der Waals surface area contributed by atoms with Crippen LogP contribution in [0.25, 0.3) is 0 Å². The van der Waals surface area contributed by atoms with E-state index in [4.69, 9.17) is 0 Å². The summed E-state index contributed by atoms with van der Waals surface area (Å²) in [6.07, 6.45) is 50.4. The molecule has 2 heteroatoms. The second kappa shape index (κ2) is 31.6. The normalized spacial score (nSPS) is 11.6. The smallest absolute Gasteiger partial charge is 0.234 e. The molecule has 0 fully saturated rings. The average Bonchev–Trinajstić information content (AvgIpc) is 3.38. The fourth-order valence-electron chi connectivity index (χ4n) is 6.68. The lowest BCUT2D eigenvalue weighted by atomic mass is 10.0. The number of nitrogens with zero attached hydrogens (tertiary/aromatic N) is 2. The van der Waals surface area contributed by atoms with Crippen molar-refractivity contribution in [3.63, 3.8) is 0 Å². The van der Waals surface area contributed by atoms with Crippen LogP contribution in [0.4, 0.5) is 0 Å². The highest BCUT2D eigenvalue weighted by molar-refractivity contribution is 4.84. The Hall–Kier alpha value is -0.790. The van der Waals surface area contributed by atoms with Crippen molar-refractivity contribution in [2.24, 2.45) is 0 Å². The van der Waals surface area contributed by atoms with E-state index in [0.29, 0.717) is 0 Å². The van der Waals surface area contributed by atoms with Gasteiger partial charge in [-0.2, -0.15) is 0 Å². The molecule has 0 saturated carbocycles. The number of imidazole rings is 1. The second-order valence-electron chi connectivity index (χ2n) is 13.8. The minimum absolute atomic E-state index is 1.23. The summed E-state index contributed by atoms with van der Waals surface area (Å²) in [4.78, 5) is 0. The van der Waals surface area contributed by atoms with E-state index in [9.17, 15) is 0 Å². The molecule has 0 bridgehead atoms. The molecule has 248 valence electrons. The van der Waals surface area contributed by atoms with E-state index in [0.717, 1.165) is 0 Å². The van der Waals surface area contributed by atoms with Crippen LogP contribution < -0.4 is 4.57 Å². The molecule has 42 heavy (non-hydrogen) atoms. The Morgan fingerprint density at radius 3 is 1.14 bits per heavy atom. The predicted molar refractivity (Wildman–Crippen MR) is 188 cm³/mol. The van der Waals surface area contributed by atoms with Crippen LogP contribution in [0.3, 0.4) is 0 Å². The molecule has 0 radical (unpaired) electrons. The first-order valence-corrected chi connectivity index (χ1v) is 19.9. The molecule has 0 unspecified atom stereocenters. The number of hydrogen-bond donors (Lipinski definition) is 0. The van der Waals surface area contributed by atoms with Crippen LogP contribution in [0.15, 0.2) is 12.4 Å². The number of aryl methyl sites for hydroxylation is 2. The van der Waals surface area contributed by atoms with E-state index in [1.807, 2.05) is 0 Å². The van der Waals surface area contributed by atoms with Gasteiger partial charge in [0.15, 0.2) is 0 Å². The molecule has 0 aliphatic heterocycles. The van der Waals surface area contributed by atoms with Crippen molar-refractivity contribution in [2.75, 3.05) is 0 Å². The number of hydrogen-bond acceptors (Lipinski definition) is 0. The maximum atomic E-state index is 2.61. The van der Waals surface area contributed by atoms with Gasteiger partial charge in [-0.25, -0.2) is 9.13 Å². The van der Waals surface area contributed by atoms with Gasteiger partial charge in [-0.15, -0.1) is 0 Å². The molecule has 1 aromatic rings. The van der Waals surface area contributed by atoms with Gasteiger partial charge < -0.3 is 0 Å². The summed E-state index contributed by atoms with van der Waals surface area (Å²) in [5.41, 5.74) is 0. The van der Waals surface area contributed by atoms with E-state index < -0.39 is 0 Å². The van der Waals surface area contributed by atoms with Crippen molar-refractivity contribution in [3.05, 3.63) is 18.2 Å². The molecule has 0 aromatic carbocycles. The lowest BCUT2D eigenvalue weighted by Gasteiger charge is -2.07. The van der Waals surface area contributed by atoms with Crippen molar-refractivity contribution in [3.8, 4) is 0 Å².